The van der Waals surface area contributed by atoms with Crippen LogP contribution in [0.4, 0.5) is 0 Å². The Balaban J connectivity index is 1.51. The normalized spacial score (nSPS) is 20.0. The minimum Gasteiger partial charge on any atom is -0.359 e. The second kappa shape index (κ2) is 8.30. The van der Waals surface area contributed by atoms with Crippen molar-refractivity contribution in [1.29, 1.82) is 0 Å². The minimum atomic E-state index is 0.143. The summed E-state index contributed by atoms with van der Waals surface area (Å²) in [5.74, 6) is 1.60. The molecule has 6 heteroatoms. The van der Waals surface area contributed by atoms with E-state index in [2.05, 4.69) is 32.7 Å². The molecular weight excluding hydrogens is 348 g/mol. The number of nitrogens with one attached hydrogen (secondary N) is 2. The van der Waals surface area contributed by atoms with E-state index in [1.54, 1.807) is 7.05 Å². The molecule has 1 heterocycles. The van der Waals surface area contributed by atoms with E-state index >= 15 is 0 Å². The number of likely N-dealkylation sites (tertiary alicyclic amines) is 1. The number of hydrogen-bond acceptors (Lipinski definition) is 2. The van der Waals surface area contributed by atoms with Gasteiger partial charge in [-0.3, -0.25) is 9.79 Å². The number of nitrogens with zero attached hydrogens (tertiary/aromatic N) is 2. The Morgan fingerprint density at radius 3 is 2.46 bits per heavy atom. The van der Waals surface area contributed by atoms with Crippen LogP contribution < -0.4 is 10.6 Å². The first kappa shape index (κ1) is 19.0. The lowest BCUT2D eigenvalue weighted by Crippen LogP contribution is -2.47. The third kappa shape index (κ3) is 4.50. The van der Waals surface area contributed by atoms with Gasteiger partial charge in [-0.25, -0.2) is 0 Å². The highest BCUT2D eigenvalue weighted by Crippen LogP contribution is 2.47. The fourth-order valence-corrected chi connectivity index (χ4v) is 3.94. The van der Waals surface area contributed by atoms with Gasteiger partial charge in [-0.1, -0.05) is 23.7 Å². The van der Waals surface area contributed by atoms with Gasteiger partial charge < -0.3 is 15.5 Å². The van der Waals surface area contributed by atoms with Gasteiger partial charge in [0.1, 0.15) is 0 Å². The van der Waals surface area contributed by atoms with E-state index in [4.69, 9.17) is 11.6 Å². The molecule has 3 rings (SSSR count). The second-order valence-electron chi connectivity index (χ2n) is 7.50. The van der Waals surface area contributed by atoms with Crippen LogP contribution in [0.5, 0.6) is 0 Å². The molecule has 1 saturated heterocycles. The van der Waals surface area contributed by atoms with Crippen LogP contribution in [-0.4, -0.2) is 50.5 Å². The molecule has 2 aliphatic rings. The Bertz CT molecular complexity index is 646. The monoisotopic (exact) mass is 376 g/mol. The lowest BCUT2D eigenvalue weighted by atomic mass is 9.93. The summed E-state index contributed by atoms with van der Waals surface area (Å²) in [6, 6.07) is 8.24. The zero-order valence-electron chi connectivity index (χ0n) is 15.7. The van der Waals surface area contributed by atoms with Crippen molar-refractivity contribution in [3.8, 4) is 0 Å². The number of aliphatic imine (C=N–C) groups is 1. The fraction of sp³-hybridized carbons (Fsp3) is 0.600. The molecule has 26 heavy (non-hydrogen) atoms. The summed E-state index contributed by atoms with van der Waals surface area (Å²) >= 11 is 6.02. The van der Waals surface area contributed by atoms with E-state index in [1.807, 2.05) is 19.2 Å². The van der Waals surface area contributed by atoms with E-state index in [-0.39, 0.29) is 11.3 Å². The summed E-state index contributed by atoms with van der Waals surface area (Å²) in [6.07, 6.45) is 5.11. The van der Waals surface area contributed by atoms with Crippen molar-refractivity contribution in [2.75, 3.05) is 33.7 Å². The van der Waals surface area contributed by atoms with Crippen LogP contribution >= 0.6 is 11.6 Å². The summed E-state index contributed by atoms with van der Waals surface area (Å²) in [5.41, 5.74) is 1.58. The van der Waals surface area contributed by atoms with Gasteiger partial charge in [0.25, 0.3) is 0 Å². The Hall–Kier alpha value is -1.75. The molecular formula is C20H29ClN4O. The fourth-order valence-electron chi connectivity index (χ4n) is 3.82. The quantitative estimate of drug-likeness (QED) is 0.613. The van der Waals surface area contributed by atoms with Crippen molar-refractivity contribution in [1.82, 2.24) is 15.5 Å². The van der Waals surface area contributed by atoms with E-state index in [0.717, 1.165) is 43.5 Å². The molecule has 5 nitrogen and oxygen atoms in total. The van der Waals surface area contributed by atoms with Crippen molar-refractivity contribution in [3.05, 3.63) is 34.9 Å². The zero-order valence-corrected chi connectivity index (χ0v) is 16.5. The topological polar surface area (TPSA) is 56.7 Å². The van der Waals surface area contributed by atoms with Crippen LogP contribution in [0.2, 0.25) is 5.02 Å². The number of carbonyl (C=O) groups is 1. The number of guanidine groups is 1. The highest BCUT2D eigenvalue weighted by Gasteiger charge is 2.44. The molecule has 1 saturated carbocycles. The van der Waals surface area contributed by atoms with Gasteiger partial charge in [0.2, 0.25) is 5.91 Å². The summed E-state index contributed by atoms with van der Waals surface area (Å²) in [6.45, 7) is 2.81. The number of rotatable bonds is 5. The highest BCUT2D eigenvalue weighted by molar-refractivity contribution is 6.30. The van der Waals surface area contributed by atoms with Gasteiger partial charge >= 0.3 is 0 Å². The number of benzene rings is 1. The van der Waals surface area contributed by atoms with Crippen LogP contribution in [0.25, 0.3) is 0 Å². The summed E-state index contributed by atoms with van der Waals surface area (Å²) < 4.78 is 0. The second-order valence-corrected chi connectivity index (χ2v) is 7.93. The molecule has 0 atom stereocenters. The van der Waals surface area contributed by atoms with Crippen molar-refractivity contribution >= 4 is 23.5 Å². The predicted octanol–water partition coefficient (Wildman–Crippen LogP) is 2.80. The average Bonchev–Trinajstić information content (AvgIpc) is 3.45. The Morgan fingerprint density at radius 2 is 1.92 bits per heavy atom. The molecule has 0 radical (unpaired) electrons. The zero-order chi connectivity index (χ0) is 18.6. The van der Waals surface area contributed by atoms with E-state index in [0.29, 0.717) is 12.3 Å². The number of carbonyl (C=O) groups excluding carboxylic acids is 1. The first-order valence-electron chi connectivity index (χ1n) is 9.48. The van der Waals surface area contributed by atoms with Crippen molar-refractivity contribution in [2.45, 2.75) is 37.5 Å². The summed E-state index contributed by atoms with van der Waals surface area (Å²) in [7, 11) is 3.55. The maximum Gasteiger partial charge on any atom is 0.220 e. The molecule has 0 unspecified atom stereocenters. The first-order valence-corrected chi connectivity index (χ1v) is 9.86. The molecule has 2 N–H and O–H groups in total. The highest BCUT2D eigenvalue weighted by atomic mass is 35.5. The van der Waals surface area contributed by atoms with E-state index < -0.39 is 0 Å². The lowest BCUT2D eigenvalue weighted by molar-refractivity contribution is -0.121. The predicted molar refractivity (Wildman–Crippen MR) is 107 cm³/mol. The molecule has 1 aromatic rings. The Kier molecular flexibility index (Phi) is 6.07. The average molecular weight is 377 g/mol. The number of amides is 1. The molecule has 1 aliphatic heterocycles. The standard InChI is InChI=1S/C20H29ClN4O/c1-22-18(26)13-15-7-11-25(12-8-15)19(23-2)24-14-20(9-10-20)16-3-5-17(21)6-4-16/h3-6,15H,7-14H2,1-2H3,(H,22,26)(H,23,24). The van der Waals surface area contributed by atoms with Crippen molar-refractivity contribution in [2.24, 2.45) is 10.9 Å². The van der Waals surface area contributed by atoms with Gasteiger partial charge in [0, 0.05) is 50.6 Å². The largest absolute Gasteiger partial charge is 0.359 e. The maximum absolute atomic E-state index is 11.6. The van der Waals surface area contributed by atoms with Crippen LogP contribution in [-0.2, 0) is 10.2 Å². The number of hydrogen-bond donors (Lipinski definition) is 2. The van der Waals surface area contributed by atoms with Gasteiger partial charge in [-0.15, -0.1) is 0 Å². The molecule has 1 aromatic carbocycles. The summed E-state index contributed by atoms with van der Waals surface area (Å²) in [4.78, 5) is 18.4. The number of piperidine rings is 1. The third-order valence-electron chi connectivity index (χ3n) is 5.77. The van der Waals surface area contributed by atoms with Crippen LogP contribution in [0.3, 0.4) is 0 Å². The summed E-state index contributed by atoms with van der Waals surface area (Å²) in [5, 5.41) is 7.09. The first-order chi connectivity index (χ1) is 12.6. The maximum atomic E-state index is 11.6. The van der Waals surface area contributed by atoms with Gasteiger partial charge in [0.15, 0.2) is 5.96 Å². The van der Waals surface area contributed by atoms with Gasteiger partial charge in [-0.2, -0.15) is 0 Å². The molecule has 0 bridgehead atoms. The van der Waals surface area contributed by atoms with Gasteiger partial charge in [-0.05, 0) is 49.3 Å². The van der Waals surface area contributed by atoms with Crippen LogP contribution in [0.15, 0.2) is 29.3 Å². The molecule has 2 fully saturated rings. The van der Waals surface area contributed by atoms with Crippen molar-refractivity contribution in [3.63, 3.8) is 0 Å². The molecule has 1 aliphatic carbocycles. The Morgan fingerprint density at radius 1 is 1.27 bits per heavy atom. The van der Waals surface area contributed by atoms with Crippen molar-refractivity contribution < 1.29 is 4.79 Å². The molecule has 1 amide bonds. The molecule has 142 valence electrons. The third-order valence-corrected chi connectivity index (χ3v) is 6.03. The van der Waals surface area contributed by atoms with Crippen LogP contribution in [0, 0.1) is 5.92 Å². The SMILES string of the molecule is CN=C(NCC1(c2ccc(Cl)cc2)CC1)N1CCC(CC(=O)NC)CC1. The van der Waals surface area contributed by atoms with E-state index in [1.165, 1.54) is 18.4 Å². The van der Waals surface area contributed by atoms with Gasteiger partial charge in [0.05, 0.1) is 0 Å². The smallest absolute Gasteiger partial charge is 0.220 e. The van der Waals surface area contributed by atoms with E-state index in [9.17, 15) is 4.79 Å². The molecule has 0 aromatic heterocycles. The molecule has 0 spiro atoms. The number of halogens is 1. The van der Waals surface area contributed by atoms with Crippen LogP contribution in [0.1, 0.15) is 37.7 Å². The Labute approximate surface area is 161 Å². The minimum absolute atomic E-state index is 0.143. The lowest BCUT2D eigenvalue weighted by Gasteiger charge is -2.34.